The first-order valence-electron chi connectivity index (χ1n) is 8.83. The molecule has 1 amide bonds. The third-order valence-corrected chi connectivity index (χ3v) is 5.41. The van der Waals surface area contributed by atoms with Crippen molar-refractivity contribution >= 4 is 34.7 Å². The normalized spacial score (nSPS) is 17.5. The summed E-state index contributed by atoms with van der Waals surface area (Å²) in [5.74, 6) is -0.812. The molecule has 0 aliphatic carbocycles. The molecule has 1 unspecified atom stereocenters. The number of thioether (sulfide) groups is 1. The van der Waals surface area contributed by atoms with Crippen molar-refractivity contribution < 1.29 is 23.1 Å². The number of hydrogen-bond acceptors (Lipinski definition) is 5. The molecule has 0 N–H and O–H groups in total. The first-order chi connectivity index (χ1) is 13.0. The van der Waals surface area contributed by atoms with Crippen LogP contribution in [0.3, 0.4) is 0 Å². The van der Waals surface area contributed by atoms with E-state index in [1.54, 1.807) is 36.1 Å². The number of imidazole rings is 1. The number of amides is 1. The Morgan fingerprint density at radius 2 is 2.15 bits per heavy atom. The highest BCUT2D eigenvalue weighted by molar-refractivity contribution is 7.99. The highest BCUT2D eigenvalue weighted by atomic mass is 32.2. The molecule has 1 atom stereocenters. The van der Waals surface area contributed by atoms with Gasteiger partial charge in [-0.15, -0.1) is 0 Å². The van der Waals surface area contributed by atoms with Crippen molar-refractivity contribution in [2.75, 3.05) is 25.4 Å². The van der Waals surface area contributed by atoms with E-state index in [4.69, 9.17) is 4.74 Å². The number of halogens is 2. The number of nitrogens with zero attached hydrogens (tertiary/aromatic N) is 3. The molecule has 0 saturated carbocycles. The molecule has 6 nitrogen and oxygen atoms in total. The molecule has 1 aromatic carbocycles. The maximum atomic E-state index is 13.4. The number of ether oxygens (including phenoxy) is 1. The van der Waals surface area contributed by atoms with Crippen LogP contribution >= 0.6 is 11.8 Å². The molecule has 0 spiro atoms. The molecule has 1 saturated heterocycles. The van der Waals surface area contributed by atoms with E-state index in [9.17, 15) is 18.4 Å². The summed E-state index contributed by atoms with van der Waals surface area (Å²) >= 11 is 0.987. The van der Waals surface area contributed by atoms with Gasteiger partial charge in [-0.25, -0.2) is 4.98 Å². The maximum absolute atomic E-state index is 13.4. The fourth-order valence-electron chi connectivity index (χ4n) is 3.19. The summed E-state index contributed by atoms with van der Waals surface area (Å²) in [6, 6.07) is 6.64. The van der Waals surface area contributed by atoms with E-state index in [0.717, 1.165) is 22.7 Å². The second-order valence-electron chi connectivity index (χ2n) is 6.25. The number of alkyl halides is 2. The predicted octanol–water partition coefficient (Wildman–Crippen LogP) is 3.33. The first kappa shape index (κ1) is 19.6. The molecule has 0 radical (unpaired) electrons. The third-order valence-electron chi connectivity index (χ3n) is 4.48. The number of rotatable bonds is 6. The summed E-state index contributed by atoms with van der Waals surface area (Å²) < 4.78 is 32.8. The number of fused-ring (bicyclic) bond motifs is 1. The Hall–Kier alpha value is -2.16. The molecule has 27 heavy (non-hydrogen) atoms. The molecule has 1 aliphatic heterocycles. The van der Waals surface area contributed by atoms with Crippen molar-refractivity contribution in [2.45, 2.75) is 31.5 Å². The minimum atomic E-state index is -2.74. The highest BCUT2D eigenvalue weighted by Crippen LogP contribution is 2.29. The van der Waals surface area contributed by atoms with E-state index in [2.05, 4.69) is 4.98 Å². The van der Waals surface area contributed by atoms with Gasteiger partial charge in [0.2, 0.25) is 5.91 Å². The molecule has 9 heteroatoms. The average Bonchev–Trinajstić information content (AvgIpc) is 3.05. The SMILES string of the molecule is CCOC(=O)C1CCCN(C(=O)CSc2nc3ccccc3n2C(F)F)C1. The lowest BCUT2D eigenvalue weighted by Crippen LogP contribution is -2.43. The van der Waals surface area contributed by atoms with E-state index < -0.39 is 6.55 Å². The zero-order valence-corrected chi connectivity index (χ0v) is 15.8. The van der Waals surface area contributed by atoms with E-state index in [-0.39, 0.29) is 28.7 Å². The Kier molecular flexibility index (Phi) is 6.30. The van der Waals surface area contributed by atoms with Gasteiger partial charge >= 0.3 is 12.5 Å². The largest absolute Gasteiger partial charge is 0.466 e. The van der Waals surface area contributed by atoms with E-state index in [1.165, 1.54) is 0 Å². The van der Waals surface area contributed by atoms with Crippen molar-refractivity contribution in [1.29, 1.82) is 0 Å². The van der Waals surface area contributed by atoms with Gasteiger partial charge in [0.25, 0.3) is 0 Å². The van der Waals surface area contributed by atoms with Gasteiger partial charge in [-0.3, -0.25) is 14.2 Å². The average molecular weight is 397 g/mol. The van der Waals surface area contributed by atoms with Crippen LogP contribution in [-0.4, -0.2) is 51.8 Å². The molecule has 0 bridgehead atoms. The van der Waals surface area contributed by atoms with Crippen molar-refractivity contribution in [3.05, 3.63) is 24.3 Å². The Balaban J connectivity index is 1.66. The van der Waals surface area contributed by atoms with Crippen LogP contribution in [0, 0.1) is 5.92 Å². The zero-order valence-electron chi connectivity index (χ0n) is 14.9. The van der Waals surface area contributed by atoms with Crippen molar-refractivity contribution in [2.24, 2.45) is 5.92 Å². The molecule has 2 heterocycles. The van der Waals surface area contributed by atoms with Gasteiger partial charge in [-0.1, -0.05) is 23.9 Å². The van der Waals surface area contributed by atoms with Crippen molar-refractivity contribution in [1.82, 2.24) is 14.5 Å². The van der Waals surface area contributed by atoms with Crippen LogP contribution in [0.2, 0.25) is 0 Å². The molecular formula is C18H21F2N3O3S. The second-order valence-corrected chi connectivity index (χ2v) is 7.19. The van der Waals surface area contributed by atoms with Gasteiger partial charge < -0.3 is 9.64 Å². The summed E-state index contributed by atoms with van der Waals surface area (Å²) in [7, 11) is 0. The standard InChI is InChI=1S/C18H21F2N3O3S/c1-2-26-16(25)12-6-5-9-22(10-12)15(24)11-27-18-21-13-7-3-4-8-14(13)23(18)17(19)20/h3-4,7-8,12,17H,2,5-6,9-11H2,1H3. The fraction of sp³-hybridized carbons (Fsp3) is 0.500. The van der Waals surface area contributed by atoms with Gasteiger partial charge in [0.1, 0.15) is 0 Å². The monoisotopic (exact) mass is 397 g/mol. The number of esters is 1. The topological polar surface area (TPSA) is 64.4 Å². The maximum Gasteiger partial charge on any atom is 0.321 e. The Bertz CT molecular complexity index is 827. The van der Waals surface area contributed by atoms with E-state index in [1.807, 2.05) is 0 Å². The Labute approximate surface area is 159 Å². The molecule has 2 aromatic rings. The van der Waals surface area contributed by atoms with Crippen LogP contribution in [0.4, 0.5) is 8.78 Å². The third kappa shape index (κ3) is 4.40. The summed E-state index contributed by atoms with van der Waals surface area (Å²) in [5, 5.41) is 0.110. The Morgan fingerprint density at radius 1 is 1.37 bits per heavy atom. The summed E-state index contributed by atoms with van der Waals surface area (Å²) in [4.78, 5) is 30.2. The number of para-hydroxylation sites is 2. The van der Waals surface area contributed by atoms with E-state index in [0.29, 0.717) is 37.2 Å². The predicted molar refractivity (Wildman–Crippen MR) is 97.6 cm³/mol. The van der Waals surface area contributed by atoms with Crippen LogP contribution in [-0.2, 0) is 14.3 Å². The number of likely N-dealkylation sites (tertiary alicyclic amines) is 1. The van der Waals surface area contributed by atoms with Crippen LogP contribution in [0.25, 0.3) is 11.0 Å². The first-order valence-corrected chi connectivity index (χ1v) is 9.82. The minimum absolute atomic E-state index is 0.00835. The molecule has 1 aliphatic rings. The highest BCUT2D eigenvalue weighted by Gasteiger charge is 2.29. The summed E-state index contributed by atoms with van der Waals surface area (Å²) in [6.07, 6.45) is 1.41. The number of aromatic nitrogens is 2. The minimum Gasteiger partial charge on any atom is -0.466 e. The number of carbonyl (C=O) groups is 2. The fourth-order valence-corrected chi connectivity index (χ4v) is 4.10. The van der Waals surface area contributed by atoms with Gasteiger partial charge in [-0.05, 0) is 31.9 Å². The second kappa shape index (κ2) is 8.69. The number of carbonyl (C=O) groups excluding carboxylic acids is 2. The molecule has 3 rings (SSSR count). The Morgan fingerprint density at radius 3 is 2.89 bits per heavy atom. The quantitative estimate of drug-likeness (QED) is 0.553. The van der Waals surface area contributed by atoms with Crippen LogP contribution < -0.4 is 0 Å². The lowest BCUT2D eigenvalue weighted by atomic mass is 9.98. The lowest BCUT2D eigenvalue weighted by molar-refractivity contribution is -0.151. The van der Waals surface area contributed by atoms with E-state index >= 15 is 0 Å². The molecule has 1 fully saturated rings. The van der Waals surface area contributed by atoms with Crippen LogP contribution in [0.1, 0.15) is 26.3 Å². The van der Waals surface area contributed by atoms with Gasteiger partial charge in [0, 0.05) is 13.1 Å². The van der Waals surface area contributed by atoms with Crippen molar-refractivity contribution in [3.63, 3.8) is 0 Å². The number of piperidine rings is 1. The molecule has 1 aromatic heterocycles. The lowest BCUT2D eigenvalue weighted by Gasteiger charge is -2.31. The number of hydrogen-bond donors (Lipinski definition) is 0. The smallest absolute Gasteiger partial charge is 0.321 e. The summed E-state index contributed by atoms with van der Waals surface area (Å²) in [6.45, 7) is 0.181. The zero-order chi connectivity index (χ0) is 19.4. The van der Waals surface area contributed by atoms with Crippen LogP contribution in [0.5, 0.6) is 0 Å². The molecular weight excluding hydrogens is 376 g/mol. The van der Waals surface area contributed by atoms with Gasteiger partial charge in [0.05, 0.1) is 29.3 Å². The summed E-state index contributed by atoms with van der Waals surface area (Å²) in [5.41, 5.74) is 0.802. The van der Waals surface area contributed by atoms with Gasteiger partial charge in [0.15, 0.2) is 5.16 Å². The van der Waals surface area contributed by atoms with Crippen LogP contribution in [0.15, 0.2) is 29.4 Å². The molecule has 146 valence electrons. The van der Waals surface area contributed by atoms with Gasteiger partial charge in [-0.2, -0.15) is 8.78 Å². The number of benzene rings is 1. The van der Waals surface area contributed by atoms with Crippen molar-refractivity contribution in [3.8, 4) is 0 Å².